The molecule has 0 aliphatic carbocycles. The summed E-state index contributed by atoms with van der Waals surface area (Å²) in [6.07, 6.45) is 6.73. The van der Waals surface area contributed by atoms with Crippen LogP contribution in [-0.4, -0.2) is 36.9 Å². The molecule has 2 rings (SSSR count). The standard InChI is InChI=1S/C20H31NO2/c1-3-7-17(8-4-2)20(22)18-9-11-19(12-10-18)23-16-15-21-13-5-6-14-21/h9-12,17H,3-8,13-16H2,1-2H3. The van der Waals surface area contributed by atoms with Gasteiger partial charge in [0.05, 0.1) is 0 Å². The van der Waals surface area contributed by atoms with E-state index in [0.717, 1.165) is 50.1 Å². The van der Waals surface area contributed by atoms with Crippen LogP contribution in [0.4, 0.5) is 0 Å². The van der Waals surface area contributed by atoms with Crippen molar-refractivity contribution in [2.45, 2.75) is 52.4 Å². The molecule has 0 N–H and O–H groups in total. The molecule has 0 spiro atoms. The first kappa shape index (κ1) is 18.0. The molecular formula is C20H31NO2. The van der Waals surface area contributed by atoms with Crippen LogP contribution in [0.1, 0.15) is 62.7 Å². The van der Waals surface area contributed by atoms with Crippen molar-refractivity contribution in [1.29, 1.82) is 0 Å². The number of carbonyl (C=O) groups is 1. The molecule has 3 heteroatoms. The molecule has 0 amide bonds. The van der Waals surface area contributed by atoms with E-state index in [2.05, 4.69) is 18.7 Å². The topological polar surface area (TPSA) is 29.5 Å². The Morgan fingerprint density at radius 3 is 2.26 bits per heavy atom. The molecular weight excluding hydrogens is 286 g/mol. The van der Waals surface area contributed by atoms with Gasteiger partial charge in [-0.3, -0.25) is 9.69 Å². The predicted molar refractivity (Wildman–Crippen MR) is 95.2 cm³/mol. The highest BCUT2D eigenvalue weighted by Gasteiger charge is 2.18. The maximum Gasteiger partial charge on any atom is 0.165 e. The molecule has 0 radical (unpaired) electrons. The molecule has 1 fully saturated rings. The Labute approximate surface area is 141 Å². The summed E-state index contributed by atoms with van der Waals surface area (Å²) in [5, 5.41) is 0. The fourth-order valence-corrected chi connectivity index (χ4v) is 3.35. The van der Waals surface area contributed by atoms with E-state index in [1.807, 2.05) is 24.3 Å². The highest BCUT2D eigenvalue weighted by Crippen LogP contribution is 2.21. The van der Waals surface area contributed by atoms with E-state index in [4.69, 9.17) is 4.74 Å². The van der Waals surface area contributed by atoms with Crippen LogP contribution >= 0.6 is 0 Å². The number of likely N-dealkylation sites (tertiary alicyclic amines) is 1. The minimum Gasteiger partial charge on any atom is -0.492 e. The first-order chi connectivity index (χ1) is 11.2. The zero-order valence-electron chi connectivity index (χ0n) is 14.7. The normalized spacial score (nSPS) is 15.3. The van der Waals surface area contributed by atoms with Gasteiger partial charge in [0.2, 0.25) is 0 Å². The molecule has 1 saturated heterocycles. The van der Waals surface area contributed by atoms with Crippen molar-refractivity contribution in [2.75, 3.05) is 26.2 Å². The van der Waals surface area contributed by atoms with Gasteiger partial charge in [0.1, 0.15) is 12.4 Å². The molecule has 128 valence electrons. The van der Waals surface area contributed by atoms with E-state index in [1.54, 1.807) is 0 Å². The van der Waals surface area contributed by atoms with E-state index < -0.39 is 0 Å². The Morgan fingerprint density at radius 2 is 1.70 bits per heavy atom. The molecule has 1 aromatic rings. The monoisotopic (exact) mass is 317 g/mol. The van der Waals surface area contributed by atoms with Crippen molar-refractivity contribution in [1.82, 2.24) is 4.90 Å². The van der Waals surface area contributed by atoms with Crippen molar-refractivity contribution in [2.24, 2.45) is 5.92 Å². The van der Waals surface area contributed by atoms with Crippen LogP contribution in [0.2, 0.25) is 0 Å². The fraction of sp³-hybridized carbons (Fsp3) is 0.650. The summed E-state index contributed by atoms with van der Waals surface area (Å²) in [6, 6.07) is 7.72. The maximum absolute atomic E-state index is 12.6. The van der Waals surface area contributed by atoms with E-state index >= 15 is 0 Å². The Hall–Kier alpha value is -1.35. The van der Waals surface area contributed by atoms with Gasteiger partial charge in [-0.2, -0.15) is 0 Å². The van der Waals surface area contributed by atoms with Gasteiger partial charge in [0.15, 0.2) is 5.78 Å². The maximum atomic E-state index is 12.6. The molecule has 1 aliphatic rings. The van der Waals surface area contributed by atoms with Crippen LogP contribution < -0.4 is 4.74 Å². The number of rotatable bonds is 10. The molecule has 0 aromatic heterocycles. The van der Waals surface area contributed by atoms with Crippen LogP contribution in [-0.2, 0) is 0 Å². The van der Waals surface area contributed by atoms with Gasteiger partial charge >= 0.3 is 0 Å². The SMILES string of the molecule is CCCC(CCC)C(=O)c1ccc(OCCN2CCCC2)cc1. The van der Waals surface area contributed by atoms with Crippen molar-refractivity contribution >= 4 is 5.78 Å². The van der Waals surface area contributed by atoms with Crippen LogP contribution in [0.15, 0.2) is 24.3 Å². The zero-order valence-corrected chi connectivity index (χ0v) is 14.7. The number of Topliss-reactive ketones (excluding diaryl/α,β-unsaturated/α-hetero) is 1. The summed E-state index contributed by atoms with van der Waals surface area (Å²) in [5.74, 6) is 1.33. The van der Waals surface area contributed by atoms with Gasteiger partial charge in [-0.05, 0) is 63.0 Å². The van der Waals surface area contributed by atoms with Crippen molar-refractivity contribution in [3.05, 3.63) is 29.8 Å². The lowest BCUT2D eigenvalue weighted by molar-refractivity contribution is 0.0905. The first-order valence-corrected chi connectivity index (χ1v) is 9.24. The van der Waals surface area contributed by atoms with Crippen LogP contribution in [0.5, 0.6) is 5.75 Å². The molecule has 1 aliphatic heterocycles. The lowest BCUT2D eigenvalue weighted by Crippen LogP contribution is -2.25. The summed E-state index contributed by atoms with van der Waals surface area (Å²) in [4.78, 5) is 15.0. The summed E-state index contributed by atoms with van der Waals surface area (Å²) >= 11 is 0. The zero-order chi connectivity index (χ0) is 16.5. The molecule has 0 bridgehead atoms. The first-order valence-electron chi connectivity index (χ1n) is 9.24. The number of ether oxygens (including phenoxy) is 1. The fourth-order valence-electron chi connectivity index (χ4n) is 3.35. The number of ketones is 1. The second-order valence-electron chi connectivity index (χ2n) is 6.56. The highest BCUT2D eigenvalue weighted by molar-refractivity contribution is 5.97. The molecule has 3 nitrogen and oxygen atoms in total. The third-order valence-electron chi connectivity index (χ3n) is 4.66. The Bertz CT molecular complexity index is 457. The van der Waals surface area contributed by atoms with Crippen LogP contribution in [0, 0.1) is 5.92 Å². The average Bonchev–Trinajstić information content (AvgIpc) is 3.08. The van der Waals surface area contributed by atoms with Crippen molar-refractivity contribution < 1.29 is 9.53 Å². The van der Waals surface area contributed by atoms with E-state index in [-0.39, 0.29) is 11.7 Å². The number of benzene rings is 1. The van der Waals surface area contributed by atoms with Crippen molar-refractivity contribution in [3.8, 4) is 5.75 Å². The smallest absolute Gasteiger partial charge is 0.165 e. The highest BCUT2D eigenvalue weighted by atomic mass is 16.5. The quantitative estimate of drug-likeness (QED) is 0.592. The van der Waals surface area contributed by atoms with Gasteiger partial charge < -0.3 is 4.74 Å². The molecule has 1 aromatic carbocycles. The second-order valence-corrected chi connectivity index (χ2v) is 6.56. The molecule has 1 heterocycles. The average molecular weight is 317 g/mol. The summed E-state index contributed by atoms with van der Waals surface area (Å²) in [6.45, 7) is 8.41. The minimum absolute atomic E-state index is 0.173. The third-order valence-corrected chi connectivity index (χ3v) is 4.66. The van der Waals surface area contributed by atoms with E-state index in [0.29, 0.717) is 0 Å². The number of nitrogens with zero attached hydrogens (tertiary/aromatic N) is 1. The van der Waals surface area contributed by atoms with Gasteiger partial charge in [0.25, 0.3) is 0 Å². The number of hydrogen-bond donors (Lipinski definition) is 0. The molecule has 0 atom stereocenters. The molecule has 23 heavy (non-hydrogen) atoms. The molecule has 0 unspecified atom stereocenters. The van der Waals surface area contributed by atoms with E-state index in [1.165, 1.54) is 25.9 Å². The number of hydrogen-bond acceptors (Lipinski definition) is 3. The van der Waals surface area contributed by atoms with Crippen LogP contribution in [0.25, 0.3) is 0 Å². The summed E-state index contributed by atoms with van der Waals surface area (Å²) in [7, 11) is 0. The summed E-state index contributed by atoms with van der Waals surface area (Å²) < 4.78 is 5.81. The Balaban J connectivity index is 1.83. The third kappa shape index (κ3) is 5.65. The van der Waals surface area contributed by atoms with E-state index in [9.17, 15) is 4.79 Å². The van der Waals surface area contributed by atoms with Crippen molar-refractivity contribution in [3.63, 3.8) is 0 Å². The lowest BCUT2D eigenvalue weighted by atomic mass is 9.90. The van der Waals surface area contributed by atoms with Gasteiger partial charge in [-0.25, -0.2) is 0 Å². The van der Waals surface area contributed by atoms with Crippen LogP contribution in [0.3, 0.4) is 0 Å². The predicted octanol–water partition coefficient (Wildman–Crippen LogP) is 4.56. The number of carbonyl (C=O) groups excluding carboxylic acids is 1. The van der Waals surface area contributed by atoms with Gasteiger partial charge in [-0.15, -0.1) is 0 Å². The second kappa shape index (κ2) is 9.71. The summed E-state index contributed by atoms with van der Waals surface area (Å²) in [5.41, 5.74) is 0.823. The molecule has 0 saturated carbocycles. The van der Waals surface area contributed by atoms with Gasteiger partial charge in [0, 0.05) is 18.0 Å². The minimum atomic E-state index is 0.173. The Kier molecular flexibility index (Phi) is 7.60. The van der Waals surface area contributed by atoms with Gasteiger partial charge in [-0.1, -0.05) is 26.7 Å². The lowest BCUT2D eigenvalue weighted by Gasteiger charge is -2.16. The Morgan fingerprint density at radius 1 is 1.09 bits per heavy atom. The largest absolute Gasteiger partial charge is 0.492 e.